The first-order chi connectivity index (χ1) is 10.5. The number of benzene rings is 1. The van der Waals surface area contributed by atoms with E-state index in [9.17, 15) is 14.7 Å². The predicted molar refractivity (Wildman–Crippen MR) is 85.0 cm³/mol. The van der Waals surface area contributed by atoms with Gasteiger partial charge in [-0.05, 0) is 37.5 Å². The predicted octanol–water partition coefficient (Wildman–Crippen LogP) is 2.42. The standard InChI is InChI=1S/C16H21ClN2O3/c1-2-7-18-15(21)12-4-3-8-19(10-12)16(22)11-5-6-14(20)13(17)9-11/h5-6,9,12,20H,2-4,7-8,10H2,1H3,(H,18,21)/t12-/m1/s1. The normalized spacial score (nSPS) is 18.1. The monoisotopic (exact) mass is 324 g/mol. The van der Waals surface area contributed by atoms with Crippen LogP contribution >= 0.6 is 11.6 Å². The maximum atomic E-state index is 12.5. The first kappa shape index (κ1) is 16.6. The molecule has 1 aromatic carbocycles. The first-order valence-electron chi connectivity index (χ1n) is 7.58. The summed E-state index contributed by atoms with van der Waals surface area (Å²) in [5.74, 6) is -0.344. The summed E-state index contributed by atoms with van der Waals surface area (Å²) in [5, 5.41) is 12.5. The van der Waals surface area contributed by atoms with Gasteiger partial charge in [0.1, 0.15) is 5.75 Å². The Morgan fingerprint density at radius 1 is 1.45 bits per heavy atom. The molecule has 0 unspecified atom stereocenters. The maximum Gasteiger partial charge on any atom is 0.253 e. The summed E-state index contributed by atoms with van der Waals surface area (Å²) in [6, 6.07) is 4.41. The van der Waals surface area contributed by atoms with Crippen LogP contribution in [0, 0.1) is 5.92 Å². The van der Waals surface area contributed by atoms with Gasteiger partial charge in [0.2, 0.25) is 5.91 Å². The molecule has 22 heavy (non-hydrogen) atoms. The van der Waals surface area contributed by atoms with Crippen LogP contribution in [-0.4, -0.2) is 41.5 Å². The fourth-order valence-electron chi connectivity index (χ4n) is 2.59. The molecule has 1 fully saturated rings. The van der Waals surface area contributed by atoms with E-state index in [2.05, 4.69) is 5.32 Å². The van der Waals surface area contributed by atoms with Gasteiger partial charge in [0, 0.05) is 25.2 Å². The highest BCUT2D eigenvalue weighted by molar-refractivity contribution is 6.32. The molecular weight excluding hydrogens is 304 g/mol. The second-order valence-electron chi connectivity index (χ2n) is 5.55. The molecule has 1 heterocycles. The lowest BCUT2D eigenvalue weighted by molar-refractivity contribution is -0.126. The molecule has 1 atom stereocenters. The van der Waals surface area contributed by atoms with Crippen LogP contribution in [-0.2, 0) is 4.79 Å². The summed E-state index contributed by atoms with van der Waals surface area (Å²) in [5.41, 5.74) is 0.428. The van der Waals surface area contributed by atoms with Gasteiger partial charge >= 0.3 is 0 Å². The van der Waals surface area contributed by atoms with Crippen molar-refractivity contribution in [3.63, 3.8) is 0 Å². The average molecular weight is 325 g/mol. The molecule has 5 nitrogen and oxygen atoms in total. The number of amides is 2. The lowest BCUT2D eigenvalue weighted by atomic mass is 9.96. The number of hydrogen-bond donors (Lipinski definition) is 2. The smallest absolute Gasteiger partial charge is 0.253 e. The van der Waals surface area contributed by atoms with Gasteiger partial charge in [0.05, 0.1) is 10.9 Å². The summed E-state index contributed by atoms with van der Waals surface area (Å²) in [7, 11) is 0. The summed E-state index contributed by atoms with van der Waals surface area (Å²) in [4.78, 5) is 26.2. The number of phenolic OH excluding ortho intramolecular Hbond substituents is 1. The van der Waals surface area contributed by atoms with Gasteiger partial charge in [0.15, 0.2) is 0 Å². The molecule has 0 radical (unpaired) electrons. The van der Waals surface area contributed by atoms with Crippen molar-refractivity contribution >= 4 is 23.4 Å². The molecule has 6 heteroatoms. The van der Waals surface area contributed by atoms with Gasteiger partial charge in [-0.1, -0.05) is 18.5 Å². The lowest BCUT2D eigenvalue weighted by Gasteiger charge is -2.32. The van der Waals surface area contributed by atoms with Crippen molar-refractivity contribution in [3.05, 3.63) is 28.8 Å². The number of aromatic hydroxyl groups is 1. The third-order valence-electron chi connectivity index (χ3n) is 3.82. The van der Waals surface area contributed by atoms with Crippen molar-refractivity contribution < 1.29 is 14.7 Å². The Kier molecular flexibility index (Phi) is 5.66. The van der Waals surface area contributed by atoms with E-state index in [-0.39, 0.29) is 28.5 Å². The zero-order valence-corrected chi connectivity index (χ0v) is 13.4. The van der Waals surface area contributed by atoms with Crippen LogP contribution in [0.4, 0.5) is 0 Å². The number of halogens is 1. The zero-order chi connectivity index (χ0) is 16.1. The fraction of sp³-hybridized carbons (Fsp3) is 0.500. The summed E-state index contributed by atoms with van der Waals surface area (Å²) >= 11 is 5.85. The van der Waals surface area contributed by atoms with E-state index in [1.165, 1.54) is 12.1 Å². The SMILES string of the molecule is CCCNC(=O)[C@@H]1CCCN(C(=O)c2ccc(O)c(Cl)c2)C1. The van der Waals surface area contributed by atoms with E-state index >= 15 is 0 Å². The molecular formula is C16H21ClN2O3. The molecule has 0 aliphatic carbocycles. The Morgan fingerprint density at radius 2 is 2.23 bits per heavy atom. The quantitative estimate of drug-likeness (QED) is 0.893. The van der Waals surface area contributed by atoms with Gasteiger partial charge in [-0.3, -0.25) is 9.59 Å². The zero-order valence-electron chi connectivity index (χ0n) is 12.6. The molecule has 0 saturated carbocycles. The van der Waals surface area contributed by atoms with Crippen LogP contribution in [0.3, 0.4) is 0 Å². The number of likely N-dealkylation sites (tertiary alicyclic amines) is 1. The number of hydrogen-bond acceptors (Lipinski definition) is 3. The Balaban J connectivity index is 2.03. The number of rotatable bonds is 4. The Hall–Kier alpha value is -1.75. The number of phenols is 1. The Labute approximate surface area is 135 Å². The third-order valence-corrected chi connectivity index (χ3v) is 4.13. The summed E-state index contributed by atoms with van der Waals surface area (Å²) in [6.07, 6.45) is 2.50. The second kappa shape index (κ2) is 7.49. The molecule has 2 N–H and O–H groups in total. The highest BCUT2D eigenvalue weighted by Gasteiger charge is 2.28. The average Bonchev–Trinajstić information content (AvgIpc) is 2.54. The molecule has 1 saturated heterocycles. The number of nitrogens with zero attached hydrogens (tertiary/aromatic N) is 1. The van der Waals surface area contributed by atoms with E-state index in [4.69, 9.17) is 11.6 Å². The van der Waals surface area contributed by atoms with Gasteiger partial charge in [-0.25, -0.2) is 0 Å². The summed E-state index contributed by atoms with van der Waals surface area (Å²) < 4.78 is 0. The molecule has 2 rings (SSSR count). The van der Waals surface area contributed by atoms with E-state index in [0.29, 0.717) is 25.2 Å². The van der Waals surface area contributed by atoms with Crippen molar-refractivity contribution in [1.82, 2.24) is 10.2 Å². The molecule has 1 aromatic rings. The molecule has 1 aliphatic heterocycles. The minimum atomic E-state index is -0.158. The minimum Gasteiger partial charge on any atom is -0.506 e. The van der Waals surface area contributed by atoms with E-state index in [1.54, 1.807) is 11.0 Å². The van der Waals surface area contributed by atoms with Gasteiger partial charge in [0.25, 0.3) is 5.91 Å². The van der Waals surface area contributed by atoms with Gasteiger partial charge in [-0.2, -0.15) is 0 Å². The van der Waals surface area contributed by atoms with Crippen molar-refractivity contribution in [2.75, 3.05) is 19.6 Å². The van der Waals surface area contributed by atoms with Crippen LogP contribution in [0.2, 0.25) is 5.02 Å². The van der Waals surface area contributed by atoms with E-state index in [0.717, 1.165) is 19.3 Å². The van der Waals surface area contributed by atoms with Gasteiger partial charge < -0.3 is 15.3 Å². The molecule has 0 aromatic heterocycles. The molecule has 0 bridgehead atoms. The van der Waals surface area contributed by atoms with Crippen molar-refractivity contribution in [2.45, 2.75) is 26.2 Å². The van der Waals surface area contributed by atoms with Crippen LogP contribution in [0.5, 0.6) is 5.75 Å². The topological polar surface area (TPSA) is 69.6 Å². The lowest BCUT2D eigenvalue weighted by Crippen LogP contribution is -2.45. The van der Waals surface area contributed by atoms with E-state index in [1.807, 2.05) is 6.92 Å². The summed E-state index contributed by atoms with van der Waals surface area (Å²) in [6.45, 7) is 3.73. The van der Waals surface area contributed by atoms with Crippen LogP contribution in [0.15, 0.2) is 18.2 Å². The number of carbonyl (C=O) groups is 2. The number of carbonyl (C=O) groups excluding carboxylic acids is 2. The Morgan fingerprint density at radius 3 is 2.91 bits per heavy atom. The highest BCUT2D eigenvalue weighted by Crippen LogP contribution is 2.25. The number of piperidine rings is 1. The molecule has 1 aliphatic rings. The fourth-order valence-corrected chi connectivity index (χ4v) is 2.77. The Bertz CT molecular complexity index is 562. The van der Waals surface area contributed by atoms with E-state index < -0.39 is 0 Å². The highest BCUT2D eigenvalue weighted by atomic mass is 35.5. The largest absolute Gasteiger partial charge is 0.506 e. The molecule has 120 valence electrons. The van der Waals surface area contributed by atoms with Gasteiger partial charge in [-0.15, -0.1) is 0 Å². The minimum absolute atomic E-state index is 0.0167. The van der Waals surface area contributed by atoms with Crippen LogP contribution in [0.1, 0.15) is 36.5 Å². The number of nitrogens with one attached hydrogen (secondary N) is 1. The van der Waals surface area contributed by atoms with Crippen LogP contribution in [0.25, 0.3) is 0 Å². The first-order valence-corrected chi connectivity index (χ1v) is 7.96. The molecule has 0 spiro atoms. The third kappa shape index (κ3) is 3.91. The van der Waals surface area contributed by atoms with Crippen molar-refractivity contribution in [3.8, 4) is 5.75 Å². The van der Waals surface area contributed by atoms with Crippen molar-refractivity contribution in [1.29, 1.82) is 0 Å². The second-order valence-corrected chi connectivity index (χ2v) is 5.95. The van der Waals surface area contributed by atoms with Crippen LogP contribution < -0.4 is 5.32 Å². The molecule has 2 amide bonds. The van der Waals surface area contributed by atoms with Crippen molar-refractivity contribution in [2.24, 2.45) is 5.92 Å². The maximum absolute atomic E-state index is 12.5.